The average Bonchev–Trinajstić information content (AvgIpc) is 3.16. The van der Waals surface area contributed by atoms with Gasteiger partial charge in [-0.2, -0.15) is 0 Å². The number of carbonyl (C=O) groups excluding carboxylic acids is 2. The van der Waals surface area contributed by atoms with Crippen LogP contribution < -0.4 is 14.5 Å². The van der Waals surface area contributed by atoms with Crippen molar-refractivity contribution in [2.45, 2.75) is 33.7 Å². The number of hydrogen-bond donors (Lipinski definition) is 2. The summed E-state index contributed by atoms with van der Waals surface area (Å²) >= 11 is 0. The Balaban J connectivity index is 1.85. The second kappa shape index (κ2) is 10.8. The van der Waals surface area contributed by atoms with E-state index in [9.17, 15) is 19.8 Å². The molecule has 7 heteroatoms. The zero-order valence-electron chi connectivity index (χ0n) is 21.6. The van der Waals surface area contributed by atoms with E-state index in [-0.39, 0.29) is 17.1 Å². The van der Waals surface area contributed by atoms with Gasteiger partial charge in [0, 0.05) is 30.0 Å². The van der Waals surface area contributed by atoms with Gasteiger partial charge in [0.2, 0.25) is 0 Å². The molecule has 0 spiro atoms. The minimum atomic E-state index is -0.869. The van der Waals surface area contributed by atoms with Crippen LogP contribution in [0.25, 0.3) is 5.76 Å². The molecule has 192 valence electrons. The van der Waals surface area contributed by atoms with Gasteiger partial charge in [0.1, 0.15) is 17.3 Å². The number of carbonyl (C=O) groups is 2. The van der Waals surface area contributed by atoms with Gasteiger partial charge in [-0.3, -0.25) is 14.5 Å². The molecule has 3 aromatic rings. The zero-order valence-corrected chi connectivity index (χ0v) is 21.6. The lowest BCUT2D eigenvalue weighted by atomic mass is 9.94. The fourth-order valence-electron chi connectivity index (χ4n) is 4.75. The fraction of sp³-hybridized carbons (Fsp3) is 0.267. The molecule has 0 bridgehead atoms. The van der Waals surface area contributed by atoms with Crippen LogP contribution in [-0.2, 0) is 9.59 Å². The van der Waals surface area contributed by atoms with Gasteiger partial charge in [0.05, 0.1) is 18.2 Å². The minimum absolute atomic E-state index is 0.00734. The number of Topliss-reactive ketones (excluding diaryl/α,β-unsaturated/α-hetero) is 1. The number of nitrogens with zero attached hydrogens (tertiary/aromatic N) is 2. The molecule has 0 radical (unpaired) electrons. The maximum Gasteiger partial charge on any atom is 0.300 e. The molecule has 37 heavy (non-hydrogen) atoms. The first kappa shape index (κ1) is 25.8. The van der Waals surface area contributed by atoms with Crippen molar-refractivity contribution in [1.82, 2.24) is 0 Å². The van der Waals surface area contributed by atoms with Gasteiger partial charge in [0.15, 0.2) is 0 Å². The van der Waals surface area contributed by atoms with Gasteiger partial charge in [-0.25, -0.2) is 0 Å². The average molecular weight is 501 g/mol. The summed E-state index contributed by atoms with van der Waals surface area (Å²) in [6, 6.07) is 18.1. The van der Waals surface area contributed by atoms with Crippen LogP contribution >= 0.6 is 0 Å². The minimum Gasteiger partial charge on any atom is -0.508 e. The van der Waals surface area contributed by atoms with Crippen molar-refractivity contribution in [3.05, 3.63) is 89.0 Å². The Morgan fingerprint density at radius 2 is 1.59 bits per heavy atom. The lowest BCUT2D eigenvalue weighted by Gasteiger charge is -2.27. The highest BCUT2D eigenvalue weighted by Crippen LogP contribution is 2.43. The lowest BCUT2D eigenvalue weighted by molar-refractivity contribution is -0.132. The molecule has 0 saturated carbocycles. The fourth-order valence-corrected chi connectivity index (χ4v) is 4.75. The van der Waals surface area contributed by atoms with E-state index in [1.807, 2.05) is 38.1 Å². The number of benzene rings is 3. The van der Waals surface area contributed by atoms with Crippen molar-refractivity contribution in [3.63, 3.8) is 0 Å². The van der Waals surface area contributed by atoms with Crippen molar-refractivity contribution in [2.75, 3.05) is 29.5 Å². The first-order valence-electron chi connectivity index (χ1n) is 12.5. The number of ketones is 1. The first-order valence-corrected chi connectivity index (χ1v) is 12.5. The highest BCUT2D eigenvalue weighted by Gasteiger charge is 2.47. The number of phenols is 1. The zero-order chi connectivity index (χ0) is 26.7. The predicted molar refractivity (Wildman–Crippen MR) is 145 cm³/mol. The quantitative estimate of drug-likeness (QED) is 0.239. The number of aliphatic hydroxyl groups is 1. The number of anilines is 2. The van der Waals surface area contributed by atoms with E-state index in [0.717, 1.165) is 24.3 Å². The van der Waals surface area contributed by atoms with Gasteiger partial charge in [0.25, 0.3) is 11.7 Å². The van der Waals surface area contributed by atoms with E-state index in [0.29, 0.717) is 29.2 Å². The highest BCUT2D eigenvalue weighted by molar-refractivity contribution is 6.51. The van der Waals surface area contributed by atoms with Crippen LogP contribution in [0.15, 0.2) is 72.3 Å². The largest absolute Gasteiger partial charge is 0.508 e. The van der Waals surface area contributed by atoms with Gasteiger partial charge >= 0.3 is 0 Å². The maximum absolute atomic E-state index is 13.4. The summed E-state index contributed by atoms with van der Waals surface area (Å²) in [5, 5.41) is 21.2. The Morgan fingerprint density at radius 1 is 0.946 bits per heavy atom. The van der Waals surface area contributed by atoms with E-state index in [4.69, 9.17) is 4.74 Å². The van der Waals surface area contributed by atoms with Crippen LogP contribution in [0, 0.1) is 6.92 Å². The Hall–Kier alpha value is -4.26. The number of aryl methyl sites for hydroxylation is 1. The Morgan fingerprint density at radius 3 is 2.16 bits per heavy atom. The van der Waals surface area contributed by atoms with E-state index in [1.165, 1.54) is 17.0 Å². The maximum atomic E-state index is 13.4. The van der Waals surface area contributed by atoms with E-state index in [2.05, 4.69) is 18.7 Å². The molecule has 1 aliphatic rings. The van der Waals surface area contributed by atoms with Crippen molar-refractivity contribution >= 4 is 28.8 Å². The molecule has 4 rings (SSSR count). The number of ether oxygens (including phenoxy) is 1. The van der Waals surface area contributed by atoms with Crippen LogP contribution in [-0.4, -0.2) is 41.6 Å². The number of phenolic OH excluding ortho intramolecular Hbond substituents is 1. The lowest BCUT2D eigenvalue weighted by Crippen LogP contribution is -2.29. The summed E-state index contributed by atoms with van der Waals surface area (Å²) in [4.78, 5) is 30.4. The molecule has 0 aromatic heterocycles. The van der Waals surface area contributed by atoms with Gasteiger partial charge in [-0.1, -0.05) is 12.1 Å². The molecule has 3 aromatic carbocycles. The smallest absolute Gasteiger partial charge is 0.300 e. The molecule has 0 aliphatic carbocycles. The molecular formula is C30H32N2O5. The highest BCUT2D eigenvalue weighted by atomic mass is 16.5. The van der Waals surface area contributed by atoms with Crippen LogP contribution in [0.3, 0.4) is 0 Å². The van der Waals surface area contributed by atoms with Crippen LogP contribution in [0.1, 0.15) is 43.5 Å². The van der Waals surface area contributed by atoms with E-state index in [1.54, 1.807) is 30.3 Å². The summed E-state index contributed by atoms with van der Waals surface area (Å²) in [6.45, 7) is 10.1. The van der Waals surface area contributed by atoms with Gasteiger partial charge in [-0.15, -0.1) is 0 Å². The van der Waals surface area contributed by atoms with Gasteiger partial charge in [-0.05, 0) is 93.4 Å². The van der Waals surface area contributed by atoms with Crippen LogP contribution in [0.2, 0.25) is 0 Å². The SMILES string of the molecule is CCOc1ccc(/C(O)=C2/C(=O)C(=O)N(c3ccc(N(CC)CC)cc3)C2c2ccc(O)cc2)cc1C. The van der Waals surface area contributed by atoms with Crippen LogP contribution in [0.5, 0.6) is 11.5 Å². The van der Waals surface area contributed by atoms with Crippen LogP contribution in [0.4, 0.5) is 11.4 Å². The third-order valence-electron chi connectivity index (χ3n) is 6.66. The molecule has 1 fully saturated rings. The summed E-state index contributed by atoms with van der Waals surface area (Å²) in [6.07, 6.45) is 0. The molecule has 1 heterocycles. The van der Waals surface area contributed by atoms with Crippen molar-refractivity contribution in [1.29, 1.82) is 0 Å². The second-order valence-corrected chi connectivity index (χ2v) is 8.86. The normalized spacial score (nSPS) is 16.8. The molecule has 1 amide bonds. The van der Waals surface area contributed by atoms with Gasteiger partial charge < -0.3 is 19.8 Å². The van der Waals surface area contributed by atoms with E-state index < -0.39 is 17.7 Å². The number of rotatable bonds is 8. The van der Waals surface area contributed by atoms with Crippen molar-refractivity contribution in [3.8, 4) is 11.5 Å². The topological polar surface area (TPSA) is 90.3 Å². The van der Waals surface area contributed by atoms with Crippen molar-refractivity contribution in [2.24, 2.45) is 0 Å². The summed E-state index contributed by atoms with van der Waals surface area (Å²) in [7, 11) is 0. The monoisotopic (exact) mass is 500 g/mol. The first-order chi connectivity index (χ1) is 17.8. The number of aromatic hydroxyl groups is 1. The Bertz CT molecular complexity index is 1330. The molecular weight excluding hydrogens is 468 g/mol. The summed E-state index contributed by atoms with van der Waals surface area (Å²) in [5.41, 5.74) is 3.35. The molecule has 2 N–H and O–H groups in total. The standard InChI is InChI=1S/C30H32N2O5/c1-5-31(6-2)22-11-13-23(14-12-22)32-27(20-8-15-24(33)16-9-20)26(29(35)30(32)36)28(34)21-10-17-25(37-7-3)19(4)18-21/h8-18,27,33-34H,5-7H2,1-4H3/b28-26-. The third-order valence-corrected chi connectivity index (χ3v) is 6.66. The number of hydrogen-bond acceptors (Lipinski definition) is 6. The molecule has 1 unspecified atom stereocenters. The molecule has 1 saturated heterocycles. The molecule has 1 atom stereocenters. The summed E-state index contributed by atoms with van der Waals surface area (Å²) in [5.74, 6) is -1.01. The Kier molecular flexibility index (Phi) is 7.53. The third kappa shape index (κ3) is 4.89. The second-order valence-electron chi connectivity index (χ2n) is 8.86. The molecule has 1 aliphatic heterocycles. The Labute approximate surface area is 217 Å². The van der Waals surface area contributed by atoms with Crippen molar-refractivity contribution < 1.29 is 24.5 Å². The van der Waals surface area contributed by atoms with E-state index >= 15 is 0 Å². The molecule has 7 nitrogen and oxygen atoms in total. The number of aliphatic hydroxyl groups excluding tert-OH is 1. The summed E-state index contributed by atoms with van der Waals surface area (Å²) < 4.78 is 5.60. The number of amides is 1. The predicted octanol–water partition coefficient (Wildman–Crippen LogP) is 5.57.